The molecule has 1 aliphatic heterocycles. The molecule has 0 radical (unpaired) electrons. The first kappa shape index (κ1) is 22.6. The van der Waals surface area contributed by atoms with E-state index in [1.54, 1.807) is 4.90 Å². The summed E-state index contributed by atoms with van der Waals surface area (Å²) in [5, 5.41) is -0.114. The molecule has 1 saturated heterocycles. The van der Waals surface area contributed by atoms with Gasteiger partial charge in [-0.3, -0.25) is 4.79 Å². The molecule has 0 bridgehead atoms. The van der Waals surface area contributed by atoms with Gasteiger partial charge in [-0.05, 0) is 12.1 Å². The molecule has 166 valence electrons. The molecule has 0 spiro atoms. The van der Waals surface area contributed by atoms with Crippen LogP contribution in [-0.4, -0.2) is 66.6 Å². The molecular weight excluding hydrogens is 441 g/mol. The highest BCUT2D eigenvalue weighted by molar-refractivity contribution is 6.33. The zero-order valence-corrected chi connectivity index (χ0v) is 17.1. The summed E-state index contributed by atoms with van der Waals surface area (Å²) in [5.41, 5.74) is -0.745. The zero-order valence-electron chi connectivity index (χ0n) is 16.4. The van der Waals surface area contributed by atoms with Gasteiger partial charge in [0.05, 0.1) is 23.3 Å². The molecule has 3 rings (SSSR count). The van der Waals surface area contributed by atoms with Crippen molar-refractivity contribution in [1.29, 1.82) is 0 Å². The first-order valence-corrected chi connectivity index (χ1v) is 9.49. The third-order valence-electron chi connectivity index (χ3n) is 4.59. The molecule has 1 fully saturated rings. The van der Waals surface area contributed by atoms with Crippen molar-refractivity contribution in [2.45, 2.75) is 6.18 Å². The van der Waals surface area contributed by atoms with Crippen LogP contribution in [0.15, 0.2) is 30.6 Å². The zero-order chi connectivity index (χ0) is 22.6. The average Bonchev–Trinajstić information content (AvgIpc) is 2.76. The van der Waals surface area contributed by atoms with Gasteiger partial charge in [0.1, 0.15) is 5.82 Å². The van der Waals surface area contributed by atoms with Gasteiger partial charge in [-0.2, -0.15) is 13.2 Å². The van der Waals surface area contributed by atoms with Crippen molar-refractivity contribution in [3.05, 3.63) is 46.7 Å². The quantitative estimate of drug-likeness (QED) is 0.637. The summed E-state index contributed by atoms with van der Waals surface area (Å²) in [6.45, 7) is 0.753. The highest BCUT2D eigenvalue weighted by Gasteiger charge is 2.32. The summed E-state index contributed by atoms with van der Waals surface area (Å²) in [6.07, 6.45) is -2.52. The summed E-state index contributed by atoms with van der Waals surface area (Å²) >= 11 is 5.97. The first-order valence-electron chi connectivity index (χ1n) is 9.11. The number of aromatic nitrogens is 2. The molecule has 31 heavy (non-hydrogen) atoms. The van der Waals surface area contributed by atoms with E-state index in [0.717, 1.165) is 12.3 Å². The predicted molar refractivity (Wildman–Crippen MR) is 104 cm³/mol. The molecule has 0 N–H and O–H groups in total. The SMILES string of the molecule is COc1ccc(C(=O)OCC(=O)N2CCN(c3ncc(C(F)(F)F)cc3Cl)CC2)cn1. The molecule has 0 atom stereocenters. The first-order chi connectivity index (χ1) is 14.7. The molecule has 1 aliphatic rings. The normalized spacial score (nSPS) is 14.4. The molecule has 2 aromatic heterocycles. The van der Waals surface area contributed by atoms with Crippen LogP contribution in [0.5, 0.6) is 5.88 Å². The summed E-state index contributed by atoms with van der Waals surface area (Å²) in [4.78, 5) is 35.3. The molecule has 1 amide bonds. The van der Waals surface area contributed by atoms with Crippen molar-refractivity contribution < 1.29 is 32.2 Å². The van der Waals surface area contributed by atoms with Crippen molar-refractivity contribution in [2.24, 2.45) is 0 Å². The van der Waals surface area contributed by atoms with Crippen LogP contribution in [-0.2, 0) is 15.7 Å². The van der Waals surface area contributed by atoms with E-state index < -0.39 is 24.3 Å². The number of piperazine rings is 1. The minimum atomic E-state index is -4.53. The van der Waals surface area contributed by atoms with Crippen LogP contribution in [0.25, 0.3) is 0 Å². The molecule has 0 aromatic carbocycles. The van der Waals surface area contributed by atoms with Crippen molar-refractivity contribution in [2.75, 3.05) is 44.8 Å². The highest BCUT2D eigenvalue weighted by Crippen LogP contribution is 2.33. The van der Waals surface area contributed by atoms with E-state index in [1.165, 1.54) is 30.3 Å². The topological polar surface area (TPSA) is 84.9 Å². The van der Waals surface area contributed by atoms with Gasteiger partial charge >= 0.3 is 12.1 Å². The Morgan fingerprint density at radius 3 is 2.39 bits per heavy atom. The second kappa shape index (κ2) is 9.38. The average molecular weight is 459 g/mol. The molecule has 2 aromatic rings. The van der Waals surface area contributed by atoms with Gasteiger partial charge in [0.25, 0.3) is 5.91 Å². The Hall–Kier alpha value is -3.08. The number of anilines is 1. The molecule has 12 heteroatoms. The fourth-order valence-corrected chi connectivity index (χ4v) is 3.20. The van der Waals surface area contributed by atoms with Crippen molar-refractivity contribution in [1.82, 2.24) is 14.9 Å². The van der Waals surface area contributed by atoms with Gasteiger partial charge < -0.3 is 19.3 Å². The number of carbonyl (C=O) groups is 2. The number of nitrogens with zero attached hydrogens (tertiary/aromatic N) is 4. The molecule has 0 saturated carbocycles. The number of carbonyl (C=O) groups excluding carboxylic acids is 2. The van der Waals surface area contributed by atoms with Gasteiger partial charge in [0.15, 0.2) is 6.61 Å². The van der Waals surface area contributed by atoms with Crippen LogP contribution in [0, 0.1) is 0 Å². The predicted octanol–water partition coefficient (Wildman–Crippen LogP) is 2.66. The van der Waals surface area contributed by atoms with Crippen molar-refractivity contribution >= 4 is 29.3 Å². The Balaban J connectivity index is 1.51. The Morgan fingerprint density at radius 2 is 1.84 bits per heavy atom. The number of rotatable bonds is 5. The fraction of sp³-hybridized carbons (Fsp3) is 0.368. The number of amides is 1. The third kappa shape index (κ3) is 5.54. The maximum atomic E-state index is 12.8. The molecule has 0 aliphatic carbocycles. The van der Waals surface area contributed by atoms with Crippen LogP contribution < -0.4 is 9.64 Å². The molecule has 8 nitrogen and oxygen atoms in total. The molecule has 0 unspecified atom stereocenters. The van der Waals surface area contributed by atoms with Crippen LogP contribution in [0.2, 0.25) is 5.02 Å². The Kier molecular flexibility index (Phi) is 6.84. The number of hydrogen-bond donors (Lipinski definition) is 0. The number of hydrogen-bond acceptors (Lipinski definition) is 7. The number of methoxy groups -OCH3 is 1. The summed E-state index contributed by atoms with van der Waals surface area (Å²) in [5.74, 6) is -0.517. The highest BCUT2D eigenvalue weighted by atomic mass is 35.5. The standard InChI is InChI=1S/C19H18ClF3N4O4/c1-30-15-3-2-12(9-24-15)18(29)31-11-16(28)26-4-6-27(7-5-26)17-14(20)8-13(10-25-17)19(21,22)23/h2-3,8-10H,4-7,11H2,1H3. The van der Waals surface area contributed by atoms with E-state index in [2.05, 4.69) is 9.97 Å². The van der Waals surface area contributed by atoms with Gasteiger partial charge in [0, 0.05) is 44.6 Å². The minimum Gasteiger partial charge on any atom is -0.481 e. The van der Waals surface area contributed by atoms with E-state index in [-0.39, 0.29) is 35.4 Å². The number of halogens is 4. The van der Waals surface area contributed by atoms with E-state index >= 15 is 0 Å². The second-order valence-electron chi connectivity index (χ2n) is 6.56. The number of alkyl halides is 3. The van der Waals surface area contributed by atoms with Crippen LogP contribution in [0.4, 0.5) is 19.0 Å². The second-order valence-corrected chi connectivity index (χ2v) is 6.97. The fourth-order valence-electron chi connectivity index (χ4n) is 2.91. The monoisotopic (exact) mass is 458 g/mol. The maximum absolute atomic E-state index is 12.8. The Morgan fingerprint density at radius 1 is 1.13 bits per heavy atom. The molecule has 3 heterocycles. The maximum Gasteiger partial charge on any atom is 0.417 e. The van der Waals surface area contributed by atoms with E-state index in [0.29, 0.717) is 19.0 Å². The minimum absolute atomic E-state index is 0.114. The van der Waals surface area contributed by atoms with E-state index in [4.69, 9.17) is 21.1 Å². The lowest BCUT2D eigenvalue weighted by Gasteiger charge is -2.35. The lowest BCUT2D eigenvalue weighted by molar-refractivity contribution is -0.138. The van der Waals surface area contributed by atoms with E-state index in [9.17, 15) is 22.8 Å². The van der Waals surface area contributed by atoms with Crippen LogP contribution in [0.3, 0.4) is 0 Å². The summed E-state index contributed by atoms with van der Waals surface area (Å²) in [6, 6.07) is 3.80. The largest absolute Gasteiger partial charge is 0.481 e. The smallest absolute Gasteiger partial charge is 0.417 e. The number of esters is 1. The van der Waals surface area contributed by atoms with Crippen LogP contribution in [0.1, 0.15) is 15.9 Å². The van der Waals surface area contributed by atoms with Gasteiger partial charge in [0.2, 0.25) is 5.88 Å². The number of ether oxygens (including phenoxy) is 2. The lowest BCUT2D eigenvalue weighted by atomic mass is 10.2. The van der Waals surface area contributed by atoms with Gasteiger partial charge in [-0.15, -0.1) is 0 Å². The van der Waals surface area contributed by atoms with Gasteiger partial charge in [-0.25, -0.2) is 14.8 Å². The van der Waals surface area contributed by atoms with Crippen LogP contribution >= 0.6 is 11.6 Å². The summed E-state index contributed by atoms with van der Waals surface area (Å²) in [7, 11) is 1.44. The van der Waals surface area contributed by atoms with Gasteiger partial charge in [-0.1, -0.05) is 11.6 Å². The molecular formula is C19H18ClF3N4O4. The van der Waals surface area contributed by atoms with E-state index in [1.807, 2.05) is 0 Å². The Bertz CT molecular complexity index is 948. The summed E-state index contributed by atoms with van der Waals surface area (Å²) < 4.78 is 48.2. The number of pyridine rings is 2. The lowest BCUT2D eigenvalue weighted by Crippen LogP contribution is -2.50. The van der Waals surface area contributed by atoms with Crippen molar-refractivity contribution in [3.63, 3.8) is 0 Å². The Labute approximate surface area is 180 Å². The van der Waals surface area contributed by atoms with Crippen molar-refractivity contribution in [3.8, 4) is 5.88 Å². The third-order valence-corrected chi connectivity index (χ3v) is 4.87.